The van der Waals surface area contributed by atoms with Crippen LogP contribution in [0.4, 0.5) is 5.82 Å². The molecule has 0 aliphatic heterocycles. The predicted octanol–water partition coefficient (Wildman–Crippen LogP) is 2.24. The Morgan fingerprint density at radius 2 is 2.33 bits per heavy atom. The quantitative estimate of drug-likeness (QED) is 0.773. The number of pyridine rings is 1. The Kier molecular flexibility index (Phi) is 2.58. The van der Waals surface area contributed by atoms with Gasteiger partial charge in [0.05, 0.1) is 0 Å². The predicted molar refractivity (Wildman–Crippen MR) is 71.1 cm³/mol. The second kappa shape index (κ2) is 4.12. The summed E-state index contributed by atoms with van der Waals surface area (Å²) >= 11 is 0. The van der Waals surface area contributed by atoms with Gasteiger partial charge in [-0.05, 0) is 30.4 Å². The number of fused-ring (bicyclic) bond motifs is 1. The molecule has 0 saturated heterocycles. The summed E-state index contributed by atoms with van der Waals surface area (Å²) in [4.78, 5) is 17.9. The Hall–Kier alpha value is -1.84. The van der Waals surface area contributed by atoms with Crippen molar-refractivity contribution in [2.45, 2.75) is 13.3 Å². The number of carbonyl (C=O) groups is 1. The smallest absolute Gasteiger partial charge is 0.170 e. The minimum absolute atomic E-state index is 0.640. The molecule has 2 atom stereocenters. The van der Waals surface area contributed by atoms with Gasteiger partial charge in [0.25, 0.3) is 0 Å². The Balaban J connectivity index is 1.97. The maximum absolute atomic E-state index is 11.3. The topological polar surface area (TPSA) is 37.6 Å². The molecular weight excluding hydrogens is 226 g/mol. The van der Waals surface area contributed by atoms with Crippen LogP contribution in [0.5, 0.6) is 0 Å². The number of aromatic nitrogens is 2. The summed E-state index contributed by atoms with van der Waals surface area (Å²) < 4.78 is 1.84. The summed E-state index contributed by atoms with van der Waals surface area (Å²) in [7, 11) is 2.01. The first kappa shape index (κ1) is 11.3. The molecule has 4 heteroatoms. The van der Waals surface area contributed by atoms with E-state index >= 15 is 0 Å². The third kappa shape index (κ3) is 1.78. The molecule has 2 aromatic rings. The van der Waals surface area contributed by atoms with E-state index in [2.05, 4.69) is 16.8 Å². The summed E-state index contributed by atoms with van der Waals surface area (Å²) in [5, 5.41) is 0. The van der Waals surface area contributed by atoms with E-state index in [0.29, 0.717) is 5.69 Å². The average molecular weight is 243 g/mol. The molecule has 1 saturated carbocycles. The number of hydrogen-bond donors (Lipinski definition) is 0. The molecule has 1 fully saturated rings. The maximum Gasteiger partial charge on any atom is 0.170 e. The number of nitrogens with zero attached hydrogens (tertiary/aromatic N) is 3. The lowest BCUT2D eigenvalue weighted by Crippen LogP contribution is -2.22. The molecule has 0 aromatic carbocycles. The molecule has 18 heavy (non-hydrogen) atoms. The molecule has 0 spiro atoms. The fourth-order valence-corrected chi connectivity index (χ4v) is 2.48. The first-order valence-electron chi connectivity index (χ1n) is 6.34. The third-order valence-corrected chi connectivity index (χ3v) is 3.81. The zero-order chi connectivity index (χ0) is 12.7. The van der Waals surface area contributed by atoms with Crippen LogP contribution in [0, 0.1) is 11.8 Å². The van der Waals surface area contributed by atoms with Crippen LogP contribution in [0.25, 0.3) is 5.65 Å². The molecule has 2 aromatic heterocycles. The molecule has 4 nitrogen and oxygen atoms in total. The van der Waals surface area contributed by atoms with Crippen molar-refractivity contribution in [1.82, 2.24) is 9.38 Å². The molecule has 0 bridgehead atoms. The Bertz CT molecular complexity index is 590. The molecule has 0 amide bonds. The second-order valence-corrected chi connectivity index (χ2v) is 5.22. The number of aldehydes is 1. The largest absolute Gasteiger partial charge is 0.357 e. The Labute approximate surface area is 106 Å². The fraction of sp³-hybridized carbons (Fsp3) is 0.429. The molecule has 0 N–H and O–H groups in total. The van der Waals surface area contributed by atoms with Crippen molar-refractivity contribution in [2.75, 3.05) is 18.5 Å². The van der Waals surface area contributed by atoms with Crippen LogP contribution in [-0.4, -0.2) is 29.3 Å². The first-order chi connectivity index (χ1) is 8.70. The zero-order valence-corrected chi connectivity index (χ0v) is 10.7. The van der Waals surface area contributed by atoms with Crippen LogP contribution >= 0.6 is 0 Å². The maximum atomic E-state index is 11.3. The van der Waals surface area contributed by atoms with E-state index < -0.39 is 0 Å². The van der Waals surface area contributed by atoms with E-state index in [-0.39, 0.29) is 0 Å². The SMILES string of the molecule is CC1CC1CN(C)c1nc2ccccn2c1C=O. The average Bonchev–Trinajstić information content (AvgIpc) is 2.93. The highest BCUT2D eigenvalue weighted by molar-refractivity contribution is 5.83. The van der Waals surface area contributed by atoms with Gasteiger partial charge in [-0.25, -0.2) is 4.98 Å². The molecule has 3 rings (SSSR count). The molecule has 2 heterocycles. The summed E-state index contributed by atoms with van der Waals surface area (Å²) in [6, 6.07) is 5.77. The van der Waals surface area contributed by atoms with Crippen LogP contribution in [0.1, 0.15) is 23.8 Å². The van der Waals surface area contributed by atoms with Gasteiger partial charge in [0.1, 0.15) is 11.3 Å². The van der Waals surface area contributed by atoms with Crippen molar-refractivity contribution in [3.05, 3.63) is 30.1 Å². The molecule has 94 valence electrons. The lowest BCUT2D eigenvalue weighted by molar-refractivity contribution is 0.111. The minimum Gasteiger partial charge on any atom is -0.357 e. The van der Waals surface area contributed by atoms with Crippen molar-refractivity contribution < 1.29 is 4.79 Å². The summed E-state index contributed by atoms with van der Waals surface area (Å²) in [6.07, 6.45) is 4.06. The highest BCUT2D eigenvalue weighted by Gasteiger charge is 2.34. The van der Waals surface area contributed by atoms with Crippen LogP contribution < -0.4 is 4.90 Å². The van der Waals surface area contributed by atoms with Crippen LogP contribution in [0.2, 0.25) is 0 Å². The highest BCUT2D eigenvalue weighted by atomic mass is 16.1. The molecule has 2 unspecified atom stereocenters. The van der Waals surface area contributed by atoms with Crippen molar-refractivity contribution in [2.24, 2.45) is 11.8 Å². The summed E-state index contributed by atoms with van der Waals surface area (Å²) in [5.74, 6) is 2.35. The number of imidazole rings is 1. The zero-order valence-electron chi connectivity index (χ0n) is 10.7. The summed E-state index contributed by atoms with van der Waals surface area (Å²) in [6.45, 7) is 3.24. The second-order valence-electron chi connectivity index (χ2n) is 5.22. The van der Waals surface area contributed by atoms with Gasteiger partial charge in [0, 0.05) is 19.8 Å². The van der Waals surface area contributed by atoms with Crippen LogP contribution in [-0.2, 0) is 0 Å². The standard InChI is InChI=1S/C14H17N3O/c1-10-7-11(10)8-16(2)14-12(9-18)17-6-4-3-5-13(17)15-14/h3-6,9-11H,7-8H2,1-2H3. The highest BCUT2D eigenvalue weighted by Crippen LogP contribution is 2.38. The normalized spacial score (nSPS) is 22.1. The number of anilines is 1. The van der Waals surface area contributed by atoms with Crippen molar-refractivity contribution in [3.63, 3.8) is 0 Å². The molecule has 1 aliphatic carbocycles. The third-order valence-electron chi connectivity index (χ3n) is 3.81. The van der Waals surface area contributed by atoms with Gasteiger partial charge < -0.3 is 4.90 Å². The van der Waals surface area contributed by atoms with E-state index in [1.165, 1.54) is 6.42 Å². The van der Waals surface area contributed by atoms with E-state index in [1.54, 1.807) is 0 Å². The van der Waals surface area contributed by atoms with Gasteiger partial charge in [0.2, 0.25) is 0 Å². The monoisotopic (exact) mass is 243 g/mol. The molecular formula is C14H17N3O. The molecule has 0 radical (unpaired) electrons. The lowest BCUT2D eigenvalue weighted by atomic mass is 10.3. The van der Waals surface area contributed by atoms with Crippen molar-refractivity contribution in [1.29, 1.82) is 0 Å². The number of rotatable bonds is 4. The van der Waals surface area contributed by atoms with E-state index in [0.717, 1.165) is 36.1 Å². The van der Waals surface area contributed by atoms with E-state index in [9.17, 15) is 4.79 Å². The van der Waals surface area contributed by atoms with Gasteiger partial charge in [-0.3, -0.25) is 9.20 Å². The Morgan fingerprint density at radius 3 is 3.00 bits per heavy atom. The van der Waals surface area contributed by atoms with E-state index in [4.69, 9.17) is 0 Å². The first-order valence-corrected chi connectivity index (χ1v) is 6.34. The number of hydrogen-bond acceptors (Lipinski definition) is 3. The Morgan fingerprint density at radius 1 is 1.56 bits per heavy atom. The van der Waals surface area contributed by atoms with Crippen molar-refractivity contribution >= 4 is 17.8 Å². The van der Waals surface area contributed by atoms with Gasteiger partial charge in [-0.15, -0.1) is 0 Å². The number of carbonyl (C=O) groups excluding carboxylic acids is 1. The molecule has 1 aliphatic rings. The van der Waals surface area contributed by atoms with Gasteiger partial charge in [0.15, 0.2) is 12.1 Å². The van der Waals surface area contributed by atoms with Crippen LogP contribution in [0.15, 0.2) is 24.4 Å². The van der Waals surface area contributed by atoms with Crippen LogP contribution in [0.3, 0.4) is 0 Å². The van der Waals surface area contributed by atoms with E-state index in [1.807, 2.05) is 35.8 Å². The van der Waals surface area contributed by atoms with Gasteiger partial charge >= 0.3 is 0 Å². The van der Waals surface area contributed by atoms with Gasteiger partial charge in [-0.2, -0.15) is 0 Å². The fourth-order valence-electron chi connectivity index (χ4n) is 2.48. The van der Waals surface area contributed by atoms with Gasteiger partial charge in [-0.1, -0.05) is 13.0 Å². The summed E-state index contributed by atoms with van der Waals surface area (Å²) in [5.41, 5.74) is 1.46. The minimum atomic E-state index is 0.640. The van der Waals surface area contributed by atoms with Crippen molar-refractivity contribution in [3.8, 4) is 0 Å². The lowest BCUT2D eigenvalue weighted by Gasteiger charge is -2.16.